The zero-order chi connectivity index (χ0) is 20.3. The van der Waals surface area contributed by atoms with Gasteiger partial charge in [0.15, 0.2) is 0 Å². The minimum absolute atomic E-state index is 0.00428. The number of carbonyl (C=O) groups is 1. The second kappa shape index (κ2) is 8.52. The Balaban J connectivity index is 1.69. The highest BCUT2D eigenvalue weighted by Crippen LogP contribution is 2.31. The van der Waals surface area contributed by atoms with Crippen LogP contribution in [0.5, 0.6) is 0 Å². The third-order valence-corrected chi connectivity index (χ3v) is 5.62. The average molecular weight is 381 g/mol. The smallest absolute Gasteiger partial charge is 0.293 e. The quantitative estimate of drug-likeness (QED) is 0.421. The van der Waals surface area contributed by atoms with Crippen molar-refractivity contribution in [1.82, 2.24) is 4.90 Å². The molecule has 0 spiro atoms. The molecule has 0 bridgehead atoms. The first kappa shape index (κ1) is 20.0. The van der Waals surface area contributed by atoms with Gasteiger partial charge in [0.25, 0.3) is 5.69 Å². The number of anilines is 1. The summed E-state index contributed by atoms with van der Waals surface area (Å²) < 4.78 is 0. The molecule has 6 heteroatoms. The lowest BCUT2D eigenvalue weighted by Crippen LogP contribution is -2.47. The second-order valence-corrected chi connectivity index (χ2v) is 7.64. The second-order valence-electron chi connectivity index (χ2n) is 7.64. The van der Waals surface area contributed by atoms with Gasteiger partial charge in [-0.15, -0.1) is 0 Å². The molecule has 0 amide bonds. The van der Waals surface area contributed by atoms with Crippen molar-refractivity contribution in [3.05, 3.63) is 69.3 Å². The van der Waals surface area contributed by atoms with Gasteiger partial charge in [-0.25, -0.2) is 0 Å². The minimum atomic E-state index is -0.409. The Hall–Kier alpha value is -2.73. The topological polar surface area (TPSA) is 66.7 Å². The van der Waals surface area contributed by atoms with E-state index in [0.29, 0.717) is 29.5 Å². The molecule has 1 atom stereocenters. The van der Waals surface area contributed by atoms with E-state index < -0.39 is 4.92 Å². The lowest BCUT2D eigenvalue weighted by atomic mass is 9.99. The summed E-state index contributed by atoms with van der Waals surface area (Å²) in [5.74, 6) is 0.522. The number of rotatable bonds is 6. The summed E-state index contributed by atoms with van der Waals surface area (Å²) in [7, 11) is 0. The highest BCUT2D eigenvalue weighted by atomic mass is 16.6. The van der Waals surface area contributed by atoms with E-state index in [1.54, 1.807) is 12.1 Å². The molecule has 2 aromatic carbocycles. The molecular formula is C22H27N3O3. The van der Waals surface area contributed by atoms with Gasteiger partial charge in [0, 0.05) is 43.9 Å². The summed E-state index contributed by atoms with van der Waals surface area (Å²) in [6, 6.07) is 13.8. The maximum absolute atomic E-state index is 11.4. The Morgan fingerprint density at radius 2 is 1.57 bits per heavy atom. The first-order chi connectivity index (χ1) is 13.4. The average Bonchev–Trinajstić information content (AvgIpc) is 2.73. The molecule has 1 aliphatic rings. The number of carbonyl (C=O) groups excluding carboxylic acids is 1. The third-order valence-electron chi connectivity index (χ3n) is 5.62. The predicted octanol–water partition coefficient (Wildman–Crippen LogP) is 4.41. The molecule has 0 saturated carbocycles. The van der Waals surface area contributed by atoms with Crippen molar-refractivity contribution in [2.75, 3.05) is 31.1 Å². The Morgan fingerprint density at radius 3 is 2.11 bits per heavy atom. The number of piperazine rings is 1. The maximum Gasteiger partial charge on any atom is 0.293 e. The highest BCUT2D eigenvalue weighted by Gasteiger charge is 2.26. The van der Waals surface area contributed by atoms with E-state index in [9.17, 15) is 14.9 Å². The SMILES string of the molecule is CC(C)c1ccc(C(C)N2CCN(c3ccc(C=O)cc3[N+](=O)[O-])CC2)cc1. The number of benzene rings is 2. The Morgan fingerprint density at radius 1 is 0.964 bits per heavy atom. The minimum Gasteiger partial charge on any atom is -0.363 e. The molecular weight excluding hydrogens is 354 g/mol. The number of hydrogen-bond donors (Lipinski definition) is 0. The van der Waals surface area contributed by atoms with Crippen LogP contribution in [-0.2, 0) is 0 Å². The van der Waals surface area contributed by atoms with Gasteiger partial charge in [-0.2, -0.15) is 0 Å². The van der Waals surface area contributed by atoms with Crippen molar-refractivity contribution in [3.63, 3.8) is 0 Å². The lowest BCUT2D eigenvalue weighted by Gasteiger charge is -2.39. The fourth-order valence-electron chi connectivity index (χ4n) is 3.75. The molecule has 2 aromatic rings. The van der Waals surface area contributed by atoms with E-state index in [1.807, 2.05) is 4.90 Å². The summed E-state index contributed by atoms with van der Waals surface area (Å²) in [6.45, 7) is 9.70. The molecule has 1 heterocycles. The van der Waals surface area contributed by atoms with E-state index in [1.165, 1.54) is 17.2 Å². The predicted molar refractivity (Wildman–Crippen MR) is 111 cm³/mol. The van der Waals surface area contributed by atoms with Crippen LogP contribution >= 0.6 is 0 Å². The molecule has 6 nitrogen and oxygen atoms in total. The van der Waals surface area contributed by atoms with Crippen molar-refractivity contribution in [2.45, 2.75) is 32.7 Å². The molecule has 3 rings (SSSR count). The Kier molecular flexibility index (Phi) is 6.09. The van der Waals surface area contributed by atoms with Gasteiger partial charge in [-0.1, -0.05) is 38.1 Å². The van der Waals surface area contributed by atoms with Gasteiger partial charge in [0.05, 0.1) is 4.92 Å². The van der Waals surface area contributed by atoms with E-state index in [4.69, 9.17) is 0 Å². The number of nitrogens with zero attached hydrogens (tertiary/aromatic N) is 3. The molecule has 1 saturated heterocycles. The van der Waals surface area contributed by atoms with Crippen LogP contribution in [-0.4, -0.2) is 42.3 Å². The fourth-order valence-corrected chi connectivity index (χ4v) is 3.75. The first-order valence-electron chi connectivity index (χ1n) is 9.73. The monoisotopic (exact) mass is 381 g/mol. The number of aldehydes is 1. The summed E-state index contributed by atoms with van der Waals surface area (Å²) in [4.78, 5) is 26.4. The van der Waals surface area contributed by atoms with Crippen molar-refractivity contribution >= 4 is 17.7 Å². The van der Waals surface area contributed by atoms with E-state index in [0.717, 1.165) is 26.2 Å². The normalized spacial score (nSPS) is 16.2. The van der Waals surface area contributed by atoms with Crippen LogP contribution in [0.15, 0.2) is 42.5 Å². The van der Waals surface area contributed by atoms with Gasteiger partial charge in [0.1, 0.15) is 12.0 Å². The Labute approximate surface area is 165 Å². The summed E-state index contributed by atoms with van der Waals surface area (Å²) in [5, 5.41) is 11.4. The fraction of sp³-hybridized carbons (Fsp3) is 0.409. The van der Waals surface area contributed by atoms with Crippen LogP contribution < -0.4 is 4.90 Å². The number of nitro benzene ring substituents is 1. The van der Waals surface area contributed by atoms with Crippen LogP contribution in [0.4, 0.5) is 11.4 Å². The van der Waals surface area contributed by atoms with Gasteiger partial charge in [-0.05, 0) is 36.1 Å². The zero-order valence-electron chi connectivity index (χ0n) is 16.7. The third kappa shape index (κ3) is 4.22. The van der Waals surface area contributed by atoms with Gasteiger partial charge < -0.3 is 4.90 Å². The summed E-state index contributed by atoms with van der Waals surface area (Å²) in [5.41, 5.74) is 3.54. The van der Waals surface area contributed by atoms with Crippen LogP contribution in [0.2, 0.25) is 0 Å². The molecule has 0 aliphatic carbocycles. The van der Waals surface area contributed by atoms with Crippen LogP contribution in [0.3, 0.4) is 0 Å². The van der Waals surface area contributed by atoms with Crippen molar-refractivity contribution in [3.8, 4) is 0 Å². The molecule has 0 N–H and O–H groups in total. The molecule has 1 unspecified atom stereocenters. The van der Waals surface area contributed by atoms with Crippen LogP contribution in [0.25, 0.3) is 0 Å². The Bertz CT molecular complexity index is 841. The van der Waals surface area contributed by atoms with Crippen molar-refractivity contribution < 1.29 is 9.72 Å². The van der Waals surface area contributed by atoms with E-state index in [2.05, 4.69) is 49.9 Å². The molecule has 0 aromatic heterocycles. The van der Waals surface area contributed by atoms with Gasteiger partial charge in [-0.3, -0.25) is 19.8 Å². The van der Waals surface area contributed by atoms with Gasteiger partial charge >= 0.3 is 0 Å². The van der Waals surface area contributed by atoms with Gasteiger partial charge in [0.2, 0.25) is 0 Å². The lowest BCUT2D eigenvalue weighted by molar-refractivity contribution is -0.384. The molecule has 148 valence electrons. The molecule has 0 radical (unpaired) electrons. The van der Waals surface area contributed by atoms with Crippen molar-refractivity contribution in [2.24, 2.45) is 0 Å². The summed E-state index contributed by atoms with van der Waals surface area (Å²) >= 11 is 0. The van der Waals surface area contributed by atoms with Crippen LogP contribution in [0.1, 0.15) is 54.2 Å². The van der Waals surface area contributed by atoms with Crippen LogP contribution in [0, 0.1) is 10.1 Å². The first-order valence-corrected chi connectivity index (χ1v) is 9.73. The zero-order valence-corrected chi connectivity index (χ0v) is 16.7. The molecule has 1 aliphatic heterocycles. The standard InChI is InChI=1S/C22H27N3O3/c1-16(2)19-5-7-20(8-6-19)17(3)23-10-12-24(13-11-23)21-9-4-18(15-26)14-22(21)25(27)28/h4-9,14-17H,10-13H2,1-3H3. The number of hydrogen-bond acceptors (Lipinski definition) is 5. The maximum atomic E-state index is 11.4. The molecule has 1 fully saturated rings. The van der Waals surface area contributed by atoms with Crippen molar-refractivity contribution in [1.29, 1.82) is 0 Å². The molecule has 28 heavy (non-hydrogen) atoms. The van der Waals surface area contributed by atoms with E-state index >= 15 is 0 Å². The van der Waals surface area contributed by atoms with E-state index in [-0.39, 0.29) is 5.69 Å². The largest absolute Gasteiger partial charge is 0.363 e. The number of nitro groups is 1. The summed E-state index contributed by atoms with van der Waals surface area (Å²) in [6.07, 6.45) is 0.640. The highest BCUT2D eigenvalue weighted by molar-refractivity contribution is 5.79.